The van der Waals surface area contributed by atoms with Crippen molar-refractivity contribution in [1.82, 2.24) is 29.5 Å². The fourth-order valence-corrected chi connectivity index (χ4v) is 6.61. The average molecular weight is 600 g/mol. The van der Waals surface area contributed by atoms with Gasteiger partial charge in [-0.3, -0.25) is 14.2 Å². The van der Waals surface area contributed by atoms with Gasteiger partial charge in [-0.05, 0) is 24.3 Å². The Morgan fingerprint density at radius 3 is 1.51 bits per heavy atom. The van der Waals surface area contributed by atoms with Gasteiger partial charge in [-0.25, -0.2) is 9.97 Å². The topological polar surface area (TPSA) is 105 Å². The summed E-state index contributed by atoms with van der Waals surface area (Å²) in [4.78, 5) is 21.9. The quantitative estimate of drug-likeness (QED) is 0.209. The molecule has 210 valence electrons. The minimum absolute atomic E-state index is 0.380. The van der Waals surface area contributed by atoms with E-state index in [4.69, 9.17) is 15.9 Å². The molecule has 4 heterocycles. The number of nitrogens with zero attached hydrogens (tertiary/aromatic N) is 6. The molecule has 43 heavy (non-hydrogen) atoms. The molecule has 0 aliphatic carbocycles. The molecule has 0 aliphatic heterocycles. The first-order valence-electron chi connectivity index (χ1n) is 13.5. The second kappa shape index (κ2) is 10.9. The number of rotatable bonds is 7. The molecular weight excluding hydrogens is 575 g/mol. The molecule has 0 saturated carbocycles. The van der Waals surface area contributed by atoms with E-state index < -0.39 is 5.91 Å². The van der Waals surface area contributed by atoms with Gasteiger partial charge in [0.2, 0.25) is 5.91 Å². The predicted molar refractivity (Wildman–Crippen MR) is 172 cm³/mol. The van der Waals surface area contributed by atoms with Crippen LogP contribution < -0.4 is 5.73 Å². The van der Waals surface area contributed by atoms with Gasteiger partial charge >= 0.3 is 0 Å². The zero-order valence-corrected chi connectivity index (χ0v) is 24.9. The number of carbonyl (C=O) groups excluding carboxylic acids is 1. The van der Waals surface area contributed by atoms with E-state index in [-0.39, 0.29) is 0 Å². The smallest absolute Gasteiger partial charge is 0.250 e. The zero-order valence-electron chi connectivity index (χ0n) is 23.3. The number of hydrogen-bond acceptors (Lipinski definition) is 7. The highest BCUT2D eigenvalue weighted by atomic mass is 32.1. The predicted octanol–water partition coefficient (Wildman–Crippen LogP) is 7.17. The highest BCUT2D eigenvalue weighted by molar-refractivity contribution is 7.13. The van der Waals surface area contributed by atoms with Crippen molar-refractivity contribution in [3.63, 3.8) is 0 Å². The molecule has 4 aromatic heterocycles. The minimum atomic E-state index is -0.540. The second-order valence-corrected chi connectivity index (χ2v) is 11.8. The molecule has 0 spiro atoms. The Hall–Kier alpha value is -5.19. The normalized spacial score (nSPS) is 11.2. The van der Waals surface area contributed by atoms with Gasteiger partial charge in [-0.1, -0.05) is 54.6 Å². The molecule has 0 unspecified atom stereocenters. The van der Waals surface area contributed by atoms with Gasteiger partial charge in [0, 0.05) is 70.6 Å². The molecule has 3 aromatic carbocycles. The third-order valence-corrected chi connectivity index (χ3v) is 8.94. The van der Waals surface area contributed by atoms with Crippen LogP contribution in [0.15, 0.2) is 102 Å². The Bertz CT molecular complexity index is 1950. The number of aryl methyl sites for hydroxylation is 2. The van der Waals surface area contributed by atoms with Gasteiger partial charge in [0.1, 0.15) is 10.0 Å². The maximum Gasteiger partial charge on any atom is 0.250 e. The lowest BCUT2D eigenvalue weighted by Gasteiger charge is -2.09. The molecule has 0 radical (unpaired) electrons. The Morgan fingerprint density at radius 1 is 0.651 bits per heavy atom. The molecule has 2 N–H and O–H groups in total. The lowest BCUT2D eigenvalue weighted by molar-refractivity contribution is 0.100. The molecule has 0 saturated heterocycles. The number of amides is 1. The molecular formula is C33H25N7OS2. The van der Waals surface area contributed by atoms with Crippen LogP contribution in [0.3, 0.4) is 0 Å². The summed E-state index contributed by atoms with van der Waals surface area (Å²) in [5.74, 6) is -0.540. The van der Waals surface area contributed by atoms with Crippen molar-refractivity contribution < 1.29 is 4.79 Å². The first-order chi connectivity index (χ1) is 21.0. The molecule has 0 fully saturated rings. The van der Waals surface area contributed by atoms with Crippen LogP contribution in [0.25, 0.3) is 66.2 Å². The van der Waals surface area contributed by atoms with Crippen LogP contribution in [0.4, 0.5) is 0 Å². The van der Waals surface area contributed by atoms with Crippen LogP contribution in [0, 0.1) is 0 Å². The number of hydrogen-bond donors (Lipinski definition) is 1. The summed E-state index contributed by atoms with van der Waals surface area (Å²) in [6.07, 6.45) is 3.61. The molecule has 1 amide bonds. The van der Waals surface area contributed by atoms with Crippen LogP contribution >= 0.6 is 22.7 Å². The Kier molecular flexibility index (Phi) is 6.77. The van der Waals surface area contributed by atoms with E-state index >= 15 is 0 Å². The standard InChI is InChI=1S/C33H25N7OS2/c1-39-28(20-6-3-8-22(16-20)32-35-12-14-42-32)18-26(37-39)24-10-5-11-25(30(24)31(34)41)27-19-29(40(2)38-27)21-7-4-9-23(17-21)33-36-13-15-43-33/h3-19H,1-2H3,(H2,34,41). The number of aromatic nitrogens is 6. The molecule has 0 aliphatic rings. The number of primary amides is 1. The maximum atomic E-state index is 13.0. The number of nitrogens with two attached hydrogens (primary N) is 1. The van der Waals surface area contributed by atoms with E-state index in [1.165, 1.54) is 0 Å². The summed E-state index contributed by atoms with van der Waals surface area (Å²) in [5, 5.41) is 15.4. The highest BCUT2D eigenvalue weighted by Crippen LogP contribution is 2.36. The fraction of sp³-hybridized carbons (Fsp3) is 0.0606. The van der Waals surface area contributed by atoms with Gasteiger partial charge in [0.25, 0.3) is 0 Å². The van der Waals surface area contributed by atoms with Crippen LogP contribution in [-0.2, 0) is 14.1 Å². The molecule has 0 bridgehead atoms. The van der Waals surface area contributed by atoms with Crippen molar-refractivity contribution in [3.05, 3.63) is 108 Å². The number of thiazole rings is 2. The number of benzene rings is 3. The summed E-state index contributed by atoms with van der Waals surface area (Å²) >= 11 is 3.19. The lowest BCUT2D eigenvalue weighted by Crippen LogP contribution is -2.14. The van der Waals surface area contributed by atoms with Crippen LogP contribution in [0.2, 0.25) is 0 Å². The van der Waals surface area contributed by atoms with Crippen molar-refractivity contribution >= 4 is 28.6 Å². The van der Waals surface area contributed by atoms with Crippen molar-refractivity contribution in [2.45, 2.75) is 0 Å². The van der Waals surface area contributed by atoms with E-state index in [2.05, 4.69) is 22.1 Å². The molecule has 10 heteroatoms. The first-order valence-corrected chi connectivity index (χ1v) is 15.2. The summed E-state index contributed by atoms with van der Waals surface area (Å²) in [6.45, 7) is 0. The fourth-order valence-electron chi connectivity index (χ4n) is 5.34. The van der Waals surface area contributed by atoms with Crippen molar-refractivity contribution in [3.8, 4) is 66.2 Å². The third-order valence-electron chi connectivity index (χ3n) is 7.30. The van der Waals surface area contributed by atoms with Crippen LogP contribution in [0.5, 0.6) is 0 Å². The summed E-state index contributed by atoms with van der Waals surface area (Å²) in [5.41, 5.74) is 14.9. The van der Waals surface area contributed by atoms with E-state index in [0.29, 0.717) is 28.1 Å². The number of carbonyl (C=O) groups is 1. The second-order valence-electron chi connectivity index (χ2n) is 10.0. The Labute approximate surface area is 255 Å². The van der Waals surface area contributed by atoms with Gasteiger partial charge in [-0.15, -0.1) is 22.7 Å². The third kappa shape index (κ3) is 4.96. The lowest BCUT2D eigenvalue weighted by atomic mass is 9.95. The molecule has 8 nitrogen and oxygen atoms in total. The first kappa shape index (κ1) is 26.7. The zero-order chi connectivity index (χ0) is 29.5. The van der Waals surface area contributed by atoms with Gasteiger partial charge in [-0.2, -0.15) is 10.2 Å². The molecule has 0 atom stereocenters. The van der Waals surface area contributed by atoms with E-state index in [0.717, 1.165) is 43.7 Å². The Balaban J connectivity index is 1.29. The van der Waals surface area contributed by atoms with Crippen molar-refractivity contribution in [1.29, 1.82) is 0 Å². The summed E-state index contributed by atoms with van der Waals surface area (Å²) < 4.78 is 3.64. The van der Waals surface area contributed by atoms with Crippen LogP contribution in [-0.4, -0.2) is 35.4 Å². The SMILES string of the molecule is Cn1nc(-c2cccc(-c3cc(-c4cccc(-c5nccs5)c4)n(C)n3)c2C(N)=O)cc1-c1cccc(-c2nccs2)c1. The van der Waals surface area contributed by atoms with Crippen LogP contribution in [0.1, 0.15) is 10.4 Å². The minimum Gasteiger partial charge on any atom is -0.366 e. The molecule has 7 aromatic rings. The Morgan fingerprint density at radius 2 is 1.09 bits per heavy atom. The maximum absolute atomic E-state index is 13.0. The van der Waals surface area contributed by atoms with E-state index in [9.17, 15) is 4.79 Å². The summed E-state index contributed by atoms with van der Waals surface area (Å²) in [6, 6.07) is 26.0. The van der Waals surface area contributed by atoms with Crippen molar-refractivity contribution in [2.75, 3.05) is 0 Å². The van der Waals surface area contributed by atoms with E-state index in [1.807, 2.05) is 101 Å². The highest BCUT2D eigenvalue weighted by Gasteiger charge is 2.22. The van der Waals surface area contributed by atoms with Gasteiger partial charge in [0.15, 0.2) is 0 Å². The monoisotopic (exact) mass is 599 g/mol. The van der Waals surface area contributed by atoms with Gasteiger partial charge in [0.05, 0.1) is 28.3 Å². The van der Waals surface area contributed by atoms with E-state index in [1.54, 1.807) is 35.1 Å². The largest absolute Gasteiger partial charge is 0.366 e. The average Bonchev–Trinajstić information content (AvgIpc) is 3.85. The van der Waals surface area contributed by atoms with Gasteiger partial charge < -0.3 is 5.73 Å². The summed E-state index contributed by atoms with van der Waals surface area (Å²) in [7, 11) is 3.79. The van der Waals surface area contributed by atoms with Crippen molar-refractivity contribution in [2.24, 2.45) is 19.8 Å². The molecule has 7 rings (SSSR count).